The highest BCUT2D eigenvalue weighted by Crippen LogP contribution is 2.22. The highest BCUT2D eigenvalue weighted by molar-refractivity contribution is 5.93. The Morgan fingerprint density at radius 2 is 1.76 bits per heavy atom. The zero-order valence-corrected chi connectivity index (χ0v) is 13.7. The average Bonchev–Trinajstić information content (AvgIpc) is 2.61. The van der Waals surface area contributed by atoms with Gasteiger partial charge in [-0.15, -0.1) is 0 Å². The van der Waals surface area contributed by atoms with Gasteiger partial charge >= 0.3 is 6.03 Å². The number of para-hydroxylation sites is 1. The van der Waals surface area contributed by atoms with Crippen LogP contribution in [0.2, 0.25) is 0 Å². The maximum atomic E-state index is 12.3. The minimum absolute atomic E-state index is 0.156. The van der Waals surface area contributed by atoms with Crippen molar-refractivity contribution < 1.29 is 19.5 Å². The minimum atomic E-state index is -0.591. The molecule has 0 spiro atoms. The number of ether oxygens (including phenoxy) is 1. The van der Waals surface area contributed by atoms with Crippen LogP contribution < -0.4 is 15.8 Å². The molecule has 2 aromatic carbocycles. The molecule has 2 rings (SSSR count). The third-order valence-corrected chi connectivity index (χ3v) is 3.39. The predicted molar refractivity (Wildman–Crippen MR) is 92.6 cm³/mol. The molecule has 0 radical (unpaired) electrons. The van der Waals surface area contributed by atoms with Gasteiger partial charge in [0.05, 0.1) is 0 Å². The quantitative estimate of drug-likeness (QED) is 0.389. The third kappa shape index (κ3) is 6.15. The molecule has 2 aromatic rings. The molecular formula is C18H21N3O4. The van der Waals surface area contributed by atoms with Crippen LogP contribution in [0.25, 0.3) is 0 Å². The SMILES string of the molecule is NC(=O)NCCCCN(O)C(=O)c1cccc(Oc2ccccc2)c1. The molecule has 7 heteroatoms. The Labute approximate surface area is 146 Å². The Morgan fingerprint density at radius 3 is 2.48 bits per heavy atom. The van der Waals surface area contributed by atoms with Gasteiger partial charge in [0.15, 0.2) is 0 Å². The number of nitrogens with one attached hydrogen (secondary N) is 1. The van der Waals surface area contributed by atoms with Crippen LogP contribution in [0, 0.1) is 0 Å². The summed E-state index contributed by atoms with van der Waals surface area (Å²) in [4.78, 5) is 22.8. The van der Waals surface area contributed by atoms with Gasteiger partial charge in [-0.2, -0.15) is 0 Å². The minimum Gasteiger partial charge on any atom is -0.457 e. The first-order valence-electron chi connectivity index (χ1n) is 7.93. The van der Waals surface area contributed by atoms with E-state index < -0.39 is 11.9 Å². The molecule has 0 heterocycles. The summed E-state index contributed by atoms with van der Waals surface area (Å²) in [7, 11) is 0. The van der Waals surface area contributed by atoms with E-state index in [-0.39, 0.29) is 6.54 Å². The molecule has 0 unspecified atom stereocenters. The van der Waals surface area contributed by atoms with Crippen molar-refractivity contribution in [2.75, 3.05) is 13.1 Å². The van der Waals surface area contributed by atoms with Crippen LogP contribution in [0.15, 0.2) is 54.6 Å². The molecule has 0 atom stereocenters. The molecule has 0 aliphatic heterocycles. The van der Waals surface area contributed by atoms with Gasteiger partial charge in [-0.3, -0.25) is 10.0 Å². The molecule has 7 nitrogen and oxygen atoms in total. The Kier molecular flexibility index (Phi) is 6.79. The molecule has 4 N–H and O–H groups in total. The second-order valence-electron chi connectivity index (χ2n) is 5.37. The number of carbonyl (C=O) groups is 2. The number of amides is 3. The Hall–Kier alpha value is -3.06. The summed E-state index contributed by atoms with van der Waals surface area (Å²) in [5.74, 6) is 0.660. The van der Waals surface area contributed by atoms with Crippen LogP contribution >= 0.6 is 0 Å². The summed E-state index contributed by atoms with van der Waals surface area (Å²) in [6.07, 6.45) is 1.13. The van der Waals surface area contributed by atoms with E-state index >= 15 is 0 Å². The molecule has 0 fully saturated rings. The number of rotatable bonds is 8. The molecule has 0 aromatic heterocycles. The van der Waals surface area contributed by atoms with Crippen LogP contribution in [0.5, 0.6) is 11.5 Å². The van der Waals surface area contributed by atoms with Crippen LogP contribution in [-0.2, 0) is 0 Å². The number of hydroxylamine groups is 2. The highest BCUT2D eigenvalue weighted by atomic mass is 16.5. The maximum absolute atomic E-state index is 12.3. The summed E-state index contributed by atoms with van der Waals surface area (Å²) >= 11 is 0. The van der Waals surface area contributed by atoms with Gasteiger partial charge in [-0.1, -0.05) is 24.3 Å². The van der Waals surface area contributed by atoms with Crippen molar-refractivity contribution in [1.82, 2.24) is 10.4 Å². The van der Waals surface area contributed by atoms with Gasteiger partial charge in [0.1, 0.15) is 11.5 Å². The van der Waals surface area contributed by atoms with E-state index in [0.717, 1.165) is 0 Å². The van der Waals surface area contributed by atoms with E-state index in [1.165, 1.54) is 0 Å². The van der Waals surface area contributed by atoms with Gasteiger partial charge in [0.25, 0.3) is 5.91 Å². The number of primary amides is 1. The molecule has 0 saturated heterocycles. The molecule has 25 heavy (non-hydrogen) atoms. The van der Waals surface area contributed by atoms with Crippen molar-refractivity contribution in [3.63, 3.8) is 0 Å². The molecule has 3 amide bonds. The topological polar surface area (TPSA) is 105 Å². The lowest BCUT2D eigenvalue weighted by molar-refractivity contribution is -0.0587. The summed E-state index contributed by atoms with van der Waals surface area (Å²) < 4.78 is 5.68. The van der Waals surface area contributed by atoms with E-state index in [1.807, 2.05) is 30.3 Å². The zero-order valence-electron chi connectivity index (χ0n) is 13.7. The lowest BCUT2D eigenvalue weighted by atomic mass is 10.2. The number of hydrogen-bond donors (Lipinski definition) is 3. The van der Waals surface area contributed by atoms with E-state index in [2.05, 4.69) is 5.32 Å². The number of nitrogens with zero attached hydrogens (tertiary/aromatic N) is 1. The van der Waals surface area contributed by atoms with E-state index in [0.29, 0.717) is 41.5 Å². The summed E-state index contributed by atoms with van der Waals surface area (Å²) in [6, 6.07) is 15.2. The van der Waals surface area contributed by atoms with E-state index in [1.54, 1.807) is 24.3 Å². The predicted octanol–water partition coefficient (Wildman–Crippen LogP) is 2.76. The summed E-state index contributed by atoms with van der Waals surface area (Å²) in [6.45, 7) is 0.556. The second-order valence-corrected chi connectivity index (χ2v) is 5.37. The Balaban J connectivity index is 1.88. The Bertz CT molecular complexity index is 706. The number of hydrogen-bond acceptors (Lipinski definition) is 4. The average molecular weight is 343 g/mol. The van der Waals surface area contributed by atoms with Gasteiger partial charge < -0.3 is 15.8 Å². The lowest BCUT2D eigenvalue weighted by Gasteiger charge is -2.15. The normalized spacial score (nSPS) is 10.1. The molecule has 0 aliphatic rings. The highest BCUT2D eigenvalue weighted by Gasteiger charge is 2.14. The van der Waals surface area contributed by atoms with Crippen molar-refractivity contribution in [3.05, 3.63) is 60.2 Å². The summed E-state index contributed by atoms with van der Waals surface area (Å²) in [5.41, 5.74) is 5.28. The number of unbranched alkanes of at least 4 members (excludes halogenated alkanes) is 1. The van der Waals surface area contributed by atoms with Crippen molar-refractivity contribution in [3.8, 4) is 11.5 Å². The summed E-state index contributed by atoms with van der Waals surface area (Å²) in [5, 5.41) is 13.0. The van der Waals surface area contributed by atoms with E-state index in [4.69, 9.17) is 10.5 Å². The first-order valence-corrected chi connectivity index (χ1v) is 7.93. The fourth-order valence-electron chi connectivity index (χ4n) is 2.17. The number of nitrogens with two attached hydrogens (primary N) is 1. The fraction of sp³-hybridized carbons (Fsp3) is 0.222. The first-order chi connectivity index (χ1) is 12.1. The smallest absolute Gasteiger partial charge is 0.312 e. The number of carbonyl (C=O) groups excluding carboxylic acids is 2. The van der Waals surface area contributed by atoms with Crippen molar-refractivity contribution >= 4 is 11.9 Å². The van der Waals surface area contributed by atoms with Crippen molar-refractivity contribution in [2.45, 2.75) is 12.8 Å². The largest absolute Gasteiger partial charge is 0.457 e. The third-order valence-electron chi connectivity index (χ3n) is 3.39. The zero-order chi connectivity index (χ0) is 18.1. The maximum Gasteiger partial charge on any atom is 0.312 e. The van der Waals surface area contributed by atoms with Gasteiger partial charge in [0, 0.05) is 18.7 Å². The van der Waals surface area contributed by atoms with Crippen LogP contribution in [0.3, 0.4) is 0 Å². The monoisotopic (exact) mass is 343 g/mol. The van der Waals surface area contributed by atoms with Crippen LogP contribution in [0.1, 0.15) is 23.2 Å². The molecule has 0 aliphatic carbocycles. The van der Waals surface area contributed by atoms with Crippen LogP contribution in [0.4, 0.5) is 4.79 Å². The molecular weight excluding hydrogens is 322 g/mol. The number of urea groups is 1. The van der Waals surface area contributed by atoms with Gasteiger partial charge in [0.2, 0.25) is 0 Å². The number of benzene rings is 2. The van der Waals surface area contributed by atoms with Crippen LogP contribution in [-0.4, -0.2) is 35.3 Å². The second kappa shape index (κ2) is 9.29. The van der Waals surface area contributed by atoms with E-state index in [9.17, 15) is 14.8 Å². The Morgan fingerprint density at radius 1 is 1.04 bits per heavy atom. The molecule has 0 bridgehead atoms. The fourth-order valence-corrected chi connectivity index (χ4v) is 2.17. The first kappa shape index (κ1) is 18.3. The molecule has 132 valence electrons. The van der Waals surface area contributed by atoms with Gasteiger partial charge in [-0.05, 0) is 43.2 Å². The lowest BCUT2D eigenvalue weighted by Crippen LogP contribution is -2.31. The van der Waals surface area contributed by atoms with Gasteiger partial charge in [-0.25, -0.2) is 9.86 Å². The van der Waals surface area contributed by atoms with Crippen molar-refractivity contribution in [2.24, 2.45) is 5.73 Å². The molecule has 0 saturated carbocycles. The van der Waals surface area contributed by atoms with Crippen molar-refractivity contribution in [1.29, 1.82) is 0 Å². The standard InChI is InChI=1S/C18H21N3O4/c19-18(23)20-11-4-5-12-21(24)17(22)14-7-6-10-16(13-14)25-15-8-2-1-3-9-15/h1-3,6-10,13,24H,4-5,11-12H2,(H3,19,20,23).